The lowest BCUT2D eigenvalue weighted by molar-refractivity contribution is 0.0950. The number of nitrogen functional groups attached to an aromatic ring is 1. The van der Waals surface area contributed by atoms with E-state index in [1.165, 1.54) is 23.4 Å². The fourth-order valence-corrected chi connectivity index (χ4v) is 2.79. The van der Waals surface area contributed by atoms with Gasteiger partial charge in [-0.15, -0.1) is 5.10 Å². The minimum atomic E-state index is -0.608. The largest absolute Gasteiger partial charge is 0.472 e. The molecule has 150 valence electrons. The summed E-state index contributed by atoms with van der Waals surface area (Å²) in [4.78, 5) is 12.8. The van der Waals surface area contributed by atoms with Crippen molar-refractivity contribution in [3.63, 3.8) is 0 Å². The first-order valence-electron chi connectivity index (χ1n) is 8.50. The van der Waals surface area contributed by atoms with E-state index in [9.17, 15) is 4.79 Å². The van der Waals surface area contributed by atoms with E-state index in [4.69, 9.17) is 19.6 Å². The van der Waals surface area contributed by atoms with Gasteiger partial charge in [0.2, 0.25) is 18.4 Å². The highest BCUT2D eigenvalue weighted by atomic mass is 16.7. The third-order valence-electron chi connectivity index (χ3n) is 4.15. The minimum absolute atomic E-state index is 0.0215. The third kappa shape index (κ3) is 2.99. The van der Waals surface area contributed by atoms with Crippen LogP contribution < -0.4 is 20.6 Å². The van der Waals surface area contributed by atoms with E-state index < -0.39 is 5.91 Å². The molecule has 0 saturated heterocycles. The molecule has 0 atom stereocenters. The van der Waals surface area contributed by atoms with Crippen molar-refractivity contribution in [1.29, 1.82) is 0 Å². The number of benzene rings is 1. The Morgan fingerprint density at radius 1 is 1.23 bits per heavy atom. The van der Waals surface area contributed by atoms with E-state index in [1.54, 1.807) is 24.3 Å². The van der Waals surface area contributed by atoms with Crippen LogP contribution in [-0.4, -0.2) is 44.2 Å². The monoisotopic (exact) mass is 408 g/mol. The van der Waals surface area contributed by atoms with Crippen molar-refractivity contribution >= 4 is 17.9 Å². The van der Waals surface area contributed by atoms with Gasteiger partial charge in [-0.1, -0.05) is 5.21 Å². The summed E-state index contributed by atoms with van der Waals surface area (Å²) < 4.78 is 21.6. The molecule has 0 saturated carbocycles. The fraction of sp³-hybridized carbons (Fsp3) is 0.0588. The van der Waals surface area contributed by atoms with Gasteiger partial charge in [0.25, 0.3) is 5.91 Å². The zero-order chi connectivity index (χ0) is 20.5. The van der Waals surface area contributed by atoms with E-state index in [-0.39, 0.29) is 29.8 Å². The standard InChI is InChI=1S/C17H12N8O5/c18-15-16(23-30-22-15)25-14(10-1-2-11-12(5-10)29-8-28-11)13(20-24-25)17(26)21-19-6-9-3-4-27-7-9/h1-7H,8H2,(H2,18,22)(H,21,26)/b19-6-. The maximum Gasteiger partial charge on any atom is 0.294 e. The smallest absolute Gasteiger partial charge is 0.294 e. The summed E-state index contributed by atoms with van der Waals surface area (Å²) in [5.41, 5.74) is 9.68. The second-order valence-electron chi connectivity index (χ2n) is 6.00. The lowest BCUT2D eigenvalue weighted by atomic mass is 10.1. The zero-order valence-corrected chi connectivity index (χ0v) is 15.1. The molecule has 0 radical (unpaired) electrons. The average molecular weight is 408 g/mol. The van der Waals surface area contributed by atoms with Crippen LogP contribution in [0.4, 0.5) is 5.82 Å². The van der Waals surface area contributed by atoms with Gasteiger partial charge in [0.05, 0.1) is 18.7 Å². The van der Waals surface area contributed by atoms with Crippen molar-refractivity contribution in [3.8, 4) is 28.6 Å². The van der Waals surface area contributed by atoms with Crippen LogP contribution in [0.3, 0.4) is 0 Å². The average Bonchev–Trinajstić information content (AvgIpc) is 3.53. The van der Waals surface area contributed by atoms with Gasteiger partial charge in [-0.2, -0.15) is 9.78 Å². The highest BCUT2D eigenvalue weighted by molar-refractivity contribution is 5.99. The van der Waals surface area contributed by atoms with Crippen molar-refractivity contribution in [3.05, 3.63) is 48.0 Å². The molecule has 3 N–H and O–H groups in total. The highest BCUT2D eigenvalue weighted by Crippen LogP contribution is 2.37. The van der Waals surface area contributed by atoms with Crippen LogP contribution in [0.1, 0.15) is 16.1 Å². The van der Waals surface area contributed by atoms with Crippen LogP contribution >= 0.6 is 0 Å². The Balaban J connectivity index is 1.55. The summed E-state index contributed by atoms with van der Waals surface area (Å²) in [5.74, 6) is 0.540. The number of ether oxygens (including phenoxy) is 2. The molecule has 0 fully saturated rings. The first-order chi connectivity index (χ1) is 14.7. The second-order valence-corrected chi connectivity index (χ2v) is 6.00. The number of nitrogens with two attached hydrogens (primary N) is 1. The maximum atomic E-state index is 12.8. The molecule has 30 heavy (non-hydrogen) atoms. The van der Waals surface area contributed by atoms with E-state index in [2.05, 4.69) is 35.8 Å². The molecule has 0 spiro atoms. The molecule has 1 aliphatic heterocycles. The predicted octanol–water partition coefficient (Wildman–Crippen LogP) is 0.985. The Hall–Kier alpha value is -4.68. The second kappa shape index (κ2) is 7.05. The Morgan fingerprint density at radius 2 is 2.13 bits per heavy atom. The molecule has 4 aromatic rings. The number of rotatable bonds is 5. The number of hydrazone groups is 1. The number of hydrogen-bond donors (Lipinski definition) is 2. The molecule has 13 nitrogen and oxygen atoms in total. The molecular weight excluding hydrogens is 396 g/mol. The van der Waals surface area contributed by atoms with Gasteiger partial charge in [-0.25, -0.2) is 10.1 Å². The first-order valence-corrected chi connectivity index (χ1v) is 8.50. The molecule has 5 rings (SSSR count). The number of carbonyl (C=O) groups is 1. The number of furan rings is 1. The van der Waals surface area contributed by atoms with Crippen LogP contribution in [0, 0.1) is 0 Å². The number of nitrogens with one attached hydrogen (secondary N) is 1. The van der Waals surface area contributed by atoms with Gasteiger partial charge in [-0.05, 0) is 34.6 Å². The van der Waals surface area contributed by atoms with Crippen LogP contribution in [0.25, 0.3) is 17.1 Å². The predicted molar refractivity (Wildman–Crippen MR) is 99.0 cm³/mol. The highest BCUT2D eigenvalue weighted by Gasteiger charge is 2.26. The van der Waals surface area contributed by atoms with Crippen molar-refractivity contribution in [2.75, 3.05) is 12.5 Å². The molecule has 0 unspecified atom stereocenters. The molecule has 1 aromatic carbocycles. The lowest BCUT2D eigenvalue weighted by Gasteiger charge is -2.06. The molecule has 1 amide bonds. The van der Waals surface area contributed by atoms with Crippen LogP contribution in [0.5, 0.6) is 11.5 Å². The fourth-order valence-electron chi connectivity index (χ4n) is 2.79. The number of nitrogens with zero attached hydrogens (tertiary/aromatic N) is 6. The van der Waals surface area contributed by atoms with Crippen LogP contribution in [-0.2, 0) is 0 Å². The summed E-state index contributed by atoms with van der Waals surface area (Å²) in [6, 6.07) is 6.80. The Morgan fingerprint density at radius 3 is 2.93 bits per heavy atom. The van der Waals surface area contributed by atoms with Gasteiger partial charge in [0.1, 0.15) is 5.69 Å². The van der Waals surface area contributed by atoms with Gasteiger partial charge < -0.3 is 19.6 Å². The van der Waals surface area contributed by atoms with E-state index in [1.807, 2.05) is 0 Å². The molecular formula is C17H12N8O5. The van der Waals surface area contributed by atoms with E-state index in [0.29, 0.717) is 22.6 Å². The van der Waals surface area contributed by atoms with Gasteiger partial charge in [-0.3, -0.25) is 4.79 Å². The van der Waals surface area contributed by atoms with Gasteiger partial charge in [0, 0.05) is 11.1 Å². The zero-order valence-electron chi connectivity index (χ0n) is 15.1. The number of aromatic nitrogens is 5. The summed E-state index contributed by atoms with van der Waals surface area (Å²) in [6.45, 7) is 0.104. The van der Waals surface area contributed by atoms with Gasteiger partial charge in [0.15, 0.2) is 17.2 Å². The third-order valence-corrected chi connectivity index (χ3v) is 4.15. The Bertz CT molecular complexity index is 1240. The molecule has 4 heterocycles. The molecule has 0 bridgehead atoms. The van der Waals surface area contributed by atoms with Crippen molar-refractivity contribution < 1.29 is 23.3 Å². The van der Waals surface area contributed by atoms with Crippen molar-refractivity contribution in [2.45, 2.75) is 0 Å². The maximum absolute atomic E-state index is 12.8. The number of carbonyl (C=O) groups excluding carboxylic acids is 1. The van der Waals surface area contributed by atoms with Gasteiger partial charge >= 0.3 is 0 Å². The summed E-state index contributed by atoms with van der Waals surface area (Å²) in [7, 11) is 0. The number of amides is 1. The van der Waals surface area contributed by atoms with Crippen LogP contribution in [0.15, 0.2) is 50.9 Å². The van der Waals surface area contributed by atoms with Crippen molar-refractivity contribution in [1.82, 2.24) is 30.7 Å². The summed E-state index contributed by atoms with van der Waals surface area (Å²) in [6.07, 6.45) is 4.39. The summed E-state index contributed by atoms with van der Waals surface area (Å²) in [5, 5.41) is 19.1. The van der Waals surface area contributed by atoms with E-state index >= 15 is 0 Å². The Labute approximate surface area is 167 Å². The topological polar surface area (TPSA) is 169 Å². The number of fused-ring (bicyclic) bond motifs is 1. The normalized spacial score (nSPS) is 12.5. The quantitative estimate of drug-likeness (QED) is 0.358. The summed E-state index contributed by atoms with van der Waals surface area (Å²) >= 11 is 0. The number of hydrogen-bond acceptors (Lipinski definition) is 11. The van der Waals surface area contributed by atoms with Crippen LogP contribution in [0.2, 0.25) is 0 Å². The number of anilines is 1. The lowest BCUT2D eigenvalue weighted by Crippen LogP contribution is -2.19. The Kier molecular flexibility index (Phi) is 4.09. The molecule has 0 aliphatic carbocycles. The molecule has 13 heteroatoms. The molecule has 3 aromatic heterocycles. The van der Waals surface area contributed by atoms with Crippen molar-refractivity contribution in [2.24, 2.45) is 5.10 Å². The SMILES string of the molecule is Nc1nonc1-n1nnc(C(=O)N/N=C\c2ccoc2)c1-c1ccc2c(c1)OCO2. The molecule has 1 aliphatic rings. The first kappa shape index (κ1) is 17.4. The minimum Gasteiger partial charge on any atom is -0.472 e. The van der Waals surface area contributed by atoms with E-state index in [0.717, 1.165) is 0 Å².